The van der Waals surface area contributed by atoms with E-state index in [2.05, 4.69) is 10.3 Å². The van der Waals surface area contributed by atoms with E-state index >= 15 is 0 Å². The van der Waals surface area contributed by atoms with Crippen molar-refractivity contribution in [3.8, 4) is 10.8 Å². The van der Waals surface area contributed by atoms with Gasteiger partial charge in [-0.3, -0.25) is 4.79 Å². The Labute approximate surface area is 159 Å². The number of aliphatic carboxylic acids is 1. The maximum absolute atomic E-state index is 12.3. The van der Waals surface area contributed by atoms with Crippen LogP contribution in [0.4, 0.5) is 4.79 Å². The van der Waals surface area contributed by atoms with Crippen LogP contribution in [0.5, 0.6) is 0 Å². The molecule has 0 spiro atoms. The number of likely N-dealkylation sites (tertiary alicyclic amines) is 1. The molecule has 1 aliphatic rings. The molecule has 1 aliphatic heterocycles. The standard InChI is InChI=1S/C19H19N3O4S/c23-18(24)12-4-3-9-22(11-12)19(25)20-10-13-7-8-15(26-13)17-21-14-5-1-2-6-16(14)27-17/h1-2,5-8,12H,3-4,9-11H2,(H,20,25)(H,23,24). The van der Waals surface area contributed by atoms with Gasteiger partial charge in [-0.05, 0) is 37.1 Å². The lowest BCUT2D eigenvalue weighted by Crippen LogP contribution is -2.46. The summed E-state index contributed by atoms with van der Waals surface area (Å²) in [5.74, 6) is -0.0356. The number of benzene rings is 1. The van der Waals surface area contributed by atoms with Crippen molar-refractivity contribution in [3.05, 3.63) is 42.2 Å². The summed E-state index contributed by atoms with van der Waals surface area (Å²) in [6.07, 6.45) is 1.32. The minimum absolute atomic E-state index is 0.246. The van der Waals surface area contributed by atoms with Crippen LogP contribution in [0.1, 0.15) is 18.6 Å². The molecule has 0 saturated carbocycles. The number of rotatable bonds is 4. The normalized spacial score (nSPS) is 17.2. The lowest BCUT2D eigenvalue weighted by atomic mass is 9.99. The summed E-state index contributed by atoms with van der Waals surface area (Å²) in [6.45, 7) is 1.07. The molecule has 2 N–H and O–H groups in total. The van der Waals surface area contributed by atoms with E-state index in [0.717, 1.165) is 15.2 Å². The fourth-order valence-electron chi connectivity index (χ4n) is 3.20. The Morgan fingerprint density at radius 2 is 2.15 bits per heavy atom. The summed E-state index contributed by atoms with van der Waals surface area (Å²) < 4.78 is 6.91. The van der Waals surface area contributed by atoms with Gasteiger partial charge in [0.15, 0.2) is 10.8 Å². The number of carbonyl (C=O) groups excluding carboxylic acids is 1. The van der Waals surface area contributed by atoms with Gasteiger partial charge in [0, 0.05) is 13.1 Å². The van der Waals surface area contributed by atoms with Crippen LogP contribution in [-0.2, 0) is 11.3 Å². The third-order valence-electron chi connectivity index (χ3n) is 4.64. The van der Waals surface area contributed by atoms with Crippen LogP contribution < -0.4 is 5.32 Å². The molecule has 3 heterocycles. The molecule has 1 unspecified atom stereocenters. The highest BCUT2D eigenvalue weighted by Gasteiger charge is 2.28. The van der Waals surface area contributed by atoms with E-state index in [4.69, 9.17) is 9.52 Å². The smallest absolute Gasteiger partial charge is 0.317 e. The van der Waals surface area contributed by atoms with E-state index in [-0.39, 0.29) is 19.1 Å². The monoisotopic (exact) mass is 385 g/mol. The van der Waals surface area contributed by atoms with Crippen LogP contribution in [-0.4, -0.2) is 40.1 Å². The zero-order valence-electron chi connectivity index (χ0n) is 14.6. The molecule has 3 aromatic rings. The molecular formula is C19H19N3O4S. The SMILES string of the molecule is O=C(O)C1CCCN(C(=O)NCc2ccc(-c3nc4ccccc4s3)o2)C1. The number of hydrogen-bond acceptors (Lipinski definition) is 5. The number of carboxylic acids is 1. The number of hydrogen-bond donors (Lipinski definition) is 2. The maximum atomic E-state index is 12.3. The first-order chi connectivity index (χ1) is 13.1. The van der Waals surface area contributed by atoms with Gasteiger partial charge in [-0.15, -0.1) is 11.3 Å². The molecule has 1 fully saturated rings. The van der Waals surface area contributed by atoms with Gasteiger partial charge in [0.05, 0.1) is 22.7 Å². The van der Waals surface area contributed by atoms with Crippen molar-refractivity contribution in [2.24, 2.45) is 5.92 Å². The van der Waals surface area contributed by atoms with Crippen molar-refractivity contribution < 1.29 is 19.1 Å². The van der Waals surface area contributed by atoms with Gasteiger partial charge in [-0.25, -0.2) is 9.78 Å². The number of carbonyl (C=O) groups is 2. The number of carboxylic acid groups (broad SMARTS) is 1. The first-order valence-corrected chi connectivity index (χ1v) is 9.62. The van der Waals surface area contributed by atoms with Crippen molar-refractivity contribution >= 4 is 33.6 Å². The lowest BCUT2D eigenvalue weighted by Gasteiger charge is -2.30. The third-order valence-corrected chi connectivity index (χ3v) is 5.69. The average molecular weight is 385 g/mol. The van der Waals surface area contributed by atoms with Gasteiger partial charge in [0.2, 0.25) is 0 Å². The van der Waals surface area contributed by atoms with Crippen LogP contribution in [0.15, 0.2) is 40.8 Å². The van der Waals surface area contributed by atoms with Crippen LogP contribution in [0.25, 0.3) is 21.0 Å². The van der Waals surface area contributed by atoms with Gasteiger partial charge >= 0.3 is 12.0 Å². The fourth-order valence-corrected chi connectivity index (χ4v) is 4.13. The highest BCUT2D eigenvalue weighted by molar-refractivity contribution is 7.21. The molecule has 27 heavy (non-hydrogen) atoms. The predicted octanol–water partition coefficient (Wildman–Crippen LogP) is 3.56. The van der Waals surface area contributed by atoms with E-state index in [9.17, 15) is 9.59 Å². The number of amides is 2. The maximum Gasteiger partial charge on any atom is 0.317 e. The number of para-hydroxylation sites is 1. The van der Waals surface area contributed by atoms with Crippen LogP contribution in [0.3, 0.4) is 0 Å². The van der Waals surface area contributed by atoms with Crippen molar-refractivity contribution in [2.45, 2.75) is 19.4 Å². The minimum atomic E-state index is -0.848. The molecule has 2 amide bonds. The molecule has 2 aromatic heterocycles. The second-order valence-corrected chi connectivity index (χ2v) is 7.57. The number of nitrogens with one attached hydrogen (secondary N) is 1. The fraction of sp³-hybridized carbons (Fsp3) is 0.316. The van der Waals surface area contributed by atoms with Crippen molar-refractivity contribution in [1.82, 2.24) is 15.2 Å². The number of furan rings is 1. The number of thiazole rings is 1. The Morgan fingerprint density at radius 3 is 2.96 bits per heavy atom. The van der Waals surface area contributed by atoms with Gasteiger partial charge in [0.25, 0.3) is 0 Å². The van der Waals surface area contributed by atoms with E-state index in [1.807, 2.05) is 36.4 Å². The van der Waals surface area contributed by atoms with E-state index in [1.54, 1.807) is 16.2 Å². The quantitative estimate of drug-likeness (QED) is 0.716. The molecule has 1 aromatic carbocycles. The zero-order valence-corrected chi connectivity index (χ0v) is 15.4. The molecule has 0 aliphatic carbocycles. The Hall–Kier alpha value is -2.87. The van der Waals surface area contributed by atoms with Gasteiger partial charge in [-0.1, -0.05) is 12.1 Å². The summed E-state index contributed by atoms with van der Waals surface area (Å²) in [5.41, 5.74) is 0.932. The second kappa shape index (κ2) is 7.40. The van der Waals surface area contributed by atoms with Gasteiger partial charge < -0.3 is 19.7 Å². The van der Waals surface area contributed by atoms with Gasteiger partial charge in [0.1, 0.15) is 5.76 Å². The molecule has 4 rings (SSSR count). The Bertz CT molecular complexity index is 947. The Balaban J connectivity index is 1.38. The minimum Gasteiger partial charge on any atom is -0.481 e. The topological polar surface area (TPSA) is 95.7 Å². The first kappa shape index (κ1) is 17.5. The highest BCUT2D eigenvalue weighted by atomic mass is 32.1. The largest absolute Gasteiger partial charge is 0.481 e. The summed E-state index contributed by atoms with van der Waals surface area (Å²) in [5, 5.41) is 12.7. The zero-order chi connectivity index (χ0) is 18.8. The van der Waals surface area contributed by atoms with Gasteiger partial charge in [-0.2, -0.15) is 0 Å². The lowest BCUT2D eigenvalue weighted by molar-refractivity contribution is -0.143. The van der Waals surface area contributed by atoms with Crippen LogP contribution >= 0.6 is 11.3 Å². The molecule has 140 valence electrons. The number of urea groups is 1. The van der Waals surface area contributed by atoms with E-state index in [0.29, 0.717) is 30.9 Å². The highest BCUT2D eigenvalue weighted by Crippen LogP contribution is 2.31. The van der Waals surface area contributed by atoms with Crippen LogP contribution in [0, 0.1) is 5.92 Å². The summed E-state index contributed by atoms with van der Waals surface area (Å²) in [7, 11) is 0. The van der Waals surface area contributed by atoms with E-state index < -0.39 is 11.9 Å². The van der Waals surface area contributed by atoms with Crippen molar-refractivity contribution in [1.29, 1.82) is 0 Å². The molecule has 0 bridgehead atoms. The van der Waals surface area contributed by atoms with E-state index in [1.165, 1.54) is 0 Å². The third kappa shape index (κ3) is 3.80. The molecule has 8 heteroatoms. The van der Waals surface area contributed by atoms with Crippen LogP contribution in [0.2, 0.25) is 0 Å². The number of fused-ring (bicyclic) bond motifs is 1. The Kier molecular flexibility index (Phi) is 4.81. The molecule has 1 saturated heterocycles. The van der Waals surface area contributed by atoms with Crippen molar-refractivity contribution in [3.63, 3.8) is 0 Å². The van der Waals surface area contributed by atoms with Crippen molar-refractivity contribution in [2.75, 3.05) is 13.1 Å². The average Bonchev–Trinajstić information content (AvgIpc) is 3.32. The summed E-state index contributed by atoms with van der Waals surface area (Å²) >= 11 is 1.56. The number of aromatic nitrogens is 1. The summed E-state index contributed by atoms with van der Waals surface area (Å²) in [6, 6.07) is 11.3. The predicted molar refractivity (Wildman–Crippen MR) is 101 cm³/mol. The Morgan fingerprint density at radius 1 is 1.30 bits per heavy atom. The molecular weight excluding hydrogens is 366 g/mol. The molecule has 0 radical (unpaired) electrons. The summed E-state index contributed by atoms with van der Waals surface area (Å²) in [4.78, 5) is 29.5. The second-order valence-electron chi connectivity index (χ2n) is 6.53. The number of nitrogens with zero attached hydrogens (tertiary/aromatic N) is 2. The number of piperidine rings is 1. The molecule has 1 atom stereocenters. The first-order valence-electron chi connectivity index (χ1n) is 8.80. The molecule has 7 nitrogen and oxygen atoms in total.